The third-order valence-electron chi connectivity index (χ3n) is 2.50. The fourth-order valence-electron chi connectivity index (χ4n) is 1.55. The van der Waals surface area contributed by atoms with Crippen molar-refractivity contribution in [1.29, 1.82) is 5.26 Å². The maximum Gasteiger partial charge on any atom is 0.158 e. The maximum absolute atomic E-state index is 8.68. The van der Waals surface area contributed by atoms with Crippen LogP contribution in [0.15, 0.2) is 24.5 Å². The van der Waals surface area contributed by atoms with Gasteiger partial charge in [0, 0.05) is 12.1 Å². The summed E-state index contributed by atoms with van der Waals surface area (Å²) >= 11 is 6.03. The highest BCUT2D eigenvalue weighted by atomic mass is 35.5. The van der Waals surface area contributed by atoms with Crippen molar-refractivity contribution in [1.82, 2.24) is 9.97 Å². The van der Waals surface area contributed by atoms with Crippen LogP contribution in [-0.4, -0.2) is 24.2 Å². The summed E-state index contributed by atoms with van der Waals surface area (Å²) in [5.74, 6) is 1.53. The number of methoxy groups -OCH3 is 2. The molecule has 2 rings (SSSR count). The van der Waals surface area contributed by atoms with Gasteiger partial charge < -0.3 is 14.8 Å². The Morgan fingerprint density at radius 3 is 2.45 bits per heavy atom. The Hall–Kier alpha value is -2.52. The van der Waals surface area contributed by atoms with Crippen LogP contribution in [0.25, 0.3) is 0 Å². The lowest BCUT2D eigenvalue weighted by Crippen LogP contribution is -1.99. The second-order valence-electron chi connectivity index (χ2n) is 3.71. The van der Waals surface area contributed by atoms with Gasteiger partial charge in [0.1, 0.15) is 23.4 Å². The first-order valence-electron chi connectivity index (χ1n) is 5.58. The Morgan fingerprint density at radius 1 is 1.15 bits per heavy atom. The van der Waals surface area contributed by atoms with Crippen molar-refractivity contribution in [2.45, 2.75) is 0 Å². The number of nitrogens with zero attached hydrogens (tertiary/aromatic N) is 3. The van der Waals surface area contributed by atoms with Gasteiger partial charge in [-0.25, -0.2) is 9.97 Å². The van der Waals surface area contributed by atoms with Crippen LogP contribution < -0.4 is 14.8 Å². The first kappa shape index (κ1) is 13.9. The summed E-state index contributed by atoms with van der Waals surface area (Å²) in [5.41, 5.74) is 0.879. The van der Waals surface area contributed by atoms with E-state index >= 15 is 0 Å². The number of halogens is 1. The monoisotopic (exact) mass is 290 g/mol. The van der Waals surface area contributed by atoms with E-state index in [0.29, 0.717) is 28.0 Å². The molecule has 0 fully saturated rings. The number of nitriles is 1. The van der Waals surface area contributed by atoms with Gasteiger partial charge in [0.15, 0.2) is 5.69 Å². The summed E-state index contributed by atoms with van der Waals surface area (Å²) in [7, 11) is 3.06. The van der Waals surface area contributed by atoms with Gasteiger partial charge in [-0.15, -0.1) is 0 Å². The van der Waals surface area contributed by atoms with Crippen LogP contribution in [0, 0.1) is 11.3 Å². The van der Waals surface area contributed by atoms with E-state index in [4.69, 9.17) is 26.3 Å². The molecule has 1 heterocycles. The van der Waals surface area contributed by atoms with E-state index in [0.717, 1.165) is 0 Å². The van der Waals surface area contributed by atoms with E-state index in [9.17, 15) is 0 Å². The summed E-state index contributed by atoms with van der Waals surface area (Å²) < 4.78 is 10.4. The molecule has 6 nitrogen and oxygen atoms in total. The number of hydrogen-bond acceptors (Lipinski definition) is 6. The van der Waals surface area contributed by atoms with Crippen LogP contribution in [-0.2, 0) is 0 Å². The summed E-state index contributed by atoms with van der Waals surface area (Å²) in [6.45, 7) is 0. The molecule has 1 N–H and O–H groups in total. The van der Waals surface area contributed by atoms with Crippen LogP contribution in [0.5, 0.6) is 11.5 Å². The number of nitrogens with one attached hydrogen (secondary N) is 1. The quantitative estimate of drug-likeness (QED) is 0.932. The van der Waals surface area contributed by atoms with Crippen molar-refractivity contribution in [2.75, 3.05) is 19.5 Å². The maximum atomic E-state index is 8.68. The van der Waals surface area contributed by atoms with E-state index in [1.54, 1.807) is 12.1 Å². The summed E-state index contributed by atoms with van der Waals surface area (Å²) in [6, 6.07) is 5.24. The fraction of sp³-hybridized carbons (Fsp3) is 0.154. The minimum absolute atomic E-state index is 0.246. The first-order chi connectivity index (χ1) is 9.67. The second kappa shape index (κ2) is 6.08. The predicted molar refractivity (Wildman–Crippen MR) is 74.6 cm³/mol. The number of benzene rings is 1. The molecule has 0 bridgehead atoms. The fourth-order valence-corrected chi connectivity index (χ4v) is 1.78. The Balaban J connectivity index is 2.33. The molecule has 0 unspecified atom stereocenters. The zero-order chi connectivity index (χ0) is 14.5. The first-order valence-corrected chi connectivity index (χ1v) is 5.96. The molecule has 0 saturated heterocycles. The van der Waals surface area contributed by atoms with Crippen molar-refractivity contribution in [3.8, 4) is 17.6 Å². The topological polar surface area (TPSA) is 80.1 Å². The van der Waals surface area contributed by atoms with Gasteiger partial charge in [0.05, 0.1) is 37.3 Å². The second-order valence-corrected chi connectivity index (χ2v) is 4.12. The summed E-state index contributed by atoms with van der Waals surface area (Å²) in [4.78, 5) is 8.00. The van der Waals surface area contributed by atoms with Crippen LogP contribution in [0.3, 0.4) is 0 Å². The Bertz CT molecular complexity index is 653. The van der Waals surface area contributed by atoms with Crippen LogP contribution >= 0.6 is 11.6 Å². The smallest absolute Gasteiger partial charge is 0.158 e. The predicted octanol–water partition coefficient (Wildman–Crippen LogP) is 2.76. The number of anilines is 2. The minimum atomic E-state index is 0.246. The molecule has 0 spiro atoms. The third kappa shape index (κ3) is 2.90. The van der Waals surface area contributed by atoms with E-state index in [2.05, 4.69) is 15.3 Å². The largest absolute Gasteiger partial charge is 0.495 e. The van der Waals surface area contributed by atoms with E-state index in [1.807, 2.05) is 6.07 Å². The lowest BCUT2D eigenvalue weighted by atomic mass is 10.2. The van der Waals surface area contributed by atoms with Gasteiger partial charge in [0.2, 0.25) is 0 Å². The van der Waals surface area contributed by atoms with Crippen molar-refractivity contribution >= 4 is 23.1 Å². The van der Waals surface area contributed by atoms with E-state index in [1.165, 1.54) is 26.6 Å². The zero-order valence-electron chi connectivity index (χ0n) is 10.8. The third-order valence-corrected chi connectivity index (χ3v) is 2.80. The highest BCUT2D eigenvalue weighted by Crippen LogP contribution is 2.36. The molecule has 7 heteroatoms. The van der Waals surface area contributed by atoms with E-state index in [-0.39, 0.29) is 5.69 Å². The summed E-state index contributed by atoms with van der Waals surface area (Å²) in [5, 5.41) is 12.2. The minimum Gasteiger partial charge on any atom is -0.495 e. The molecular formula is C13H11ClN4O2. The standard InChI is InChI=1S/C13H11ClN4O2/c1-19-11-4-10(12(20-2)3-9(11)14)18-13-7-16-8(5-15)6-17-13/h3-4,6-7H,1-2H3,(H,17,18). The van der Waals surface area contributed by atoms with Gasteiger partial charge in [0.25, 0.3) is 0 Å². The van der Waals surface area contributed by atoms with E-state index < -0.39 is 0 Å². The molecular weight excluding hydrogens is 280 g/mol. The highest BCUT2D eigenvalue weighted by molar-refractivity contribution is 6.32. The van der Waals surface area contributed by atoms with Crippen molar-refractivity contribution < 1.29 is 9.47 Å². The van der Waals surface area contributed by atoms with Crippen LogP contribution in [0.4, 0.5) is 11.5 Å². The van der Waals surface area contributed by atoms with Crippen molar-refractivity contribution in [3.05, 3.63) is 35.2 Å². The zero-order valence-corrected chi connectivity index (χ0v) is 11.6. The van der Waals surface area contributed by atoms with Crippen LogP contribution in [0.1, 0.15) is 5.69 Å². The molecule has 0 aliphatic heterocycles. The summed E-state index contributed by atoms with van der Waals surface area (Å²) in [6.07, 6.45) is 2.83. The van der Waals surface area contributed by atoms with Gasteiger partial charge in [-0.1, -0.05) is 11.6 Å². The Morgan fingerprint density at radius 2 is 1.90 bits per heavy atom. The molecule has 0 amide bonds. The molecule has 0 aliphatic rings. The average Bonchev–Trinajstić information content (AvgIpc) is 2.49. The highest BCUT2D eigenvalue weighted by Gasteiger charge is 2.10. The lowest BCUT2D eigenvalue weighted by Gasteiger charge is -2.13. The molecule has 20 heavy (non-hydrogen) atoms. The molecule has 0 saturated carbocycles. The molecule has 2 aromatic rings. The molecule has 0 atom stereocenters. The molecule has 0 aliphatic carbocycles. The van der Waals surface area contributed by atoms with Gasteiger partial charge in [-0.3, -0.25) is 0 Å². The number of hydrogen-bond donors (Lipinski definition) is 1. The molecule has 1 aromatic heterocycles. The Kier molecular flexibility index (Phi) is 4.23. The lowest BCUT2D eigenvalue weighted by molar-refractivity contribution is 0.405. The number of rotatable bonds is 4. The number of ether oxygens (including phenoxy) is 2. The normalized spacial score (nSPS) is 9.70. The van der Waals surface area contributed by atoms with Gasteiger partial charge in [-0.2, -0.15) is 5.26 Å². The molecule has 1 aromatic carbocycles. The molecule has 0 radical (unpaired) electrons. The molecule has 102 valence electrons. The number of aromatic nitrogens is 2. The SMILES string of the molecule is COc1cc(Nc2cnc(C#N)cn2)c(OC)cc1Cl. The van der Waals surface area contributed by atoms with Gasteiger partial charge >= 0.3 is 0 Å². The van der Waals surface area contributed by atoms with Crippen molar-refractivity contribution in [3.63, 3.8) is 0 Å². The van der Waals surface area contributed by atoms with Crippen LogP contribution in [0.2, 0.25) is 5.02 Å². The average molecular weight is 291 g/mol. The van der Waals surface area contributed by atoms with Crippen molar-refractivity contribution in [2.24, 2.45) is 0 Å². The Labute approximate surface area is 120 Å². The van der Waals surface area contributed by atoms with Gasteiger partial charge in [-0.05, 0) is 0 Å².